The van der Waals surface area contributed by atoms with E-state index in [1.165, 1.54) is 0 Å². The van der Waals surface area contributed by atoms with E-state index in [1.54, 1.807) is 91.8 Å². The van der Waals surface area contributed by atoms with Crippen molar-refractivity contribution in [1.82, 2.24) is 15.5 Å². The Balaban J connectivity index is 2.64. The molecule has 12 heteroatoms. The molecule has 2 rings (SSSR count). The van der Waals surface area contributed by atoms with Crippen LogP contribution in [0.3, 0.4) is 0 Å². The number of hydrogen-bond donors (Lipinski definition) is 3. The zero-order chi connectivity index (χ0) is 34.8. The molecule has 0 aromatic heterocycles. The van der Waals surface area contributed by atoms with E-state index in [0.717, 1.165) is 21.6 Å². The number of hydrogen-bond acceptors (Lipinski definition) is 8. The molecule has 4 N–H and O–H groups in total. The van der Waals surface area contributed by atoms with Gasteiger partial charge in [0.15, 0.2) is 0 Å². The number of nitrogens with two attached hydrogens (primary N) is 1. The number of carbonyl (C=O) groups is 5. The second-order valence-electron chi connectivity index (χ2n) is 13.1. The molecule has 248 valence electrons. The van der Waals surface area contributed by atoms with Gasteiger partial charge in [0.2, 0.25) is 17.7 Å². The van der Waals surface area contributed by atoms with Crippen LogP contribution in [-0.4, -0.2) is 64.5 Å². The first-order valence-electron chi connectivity index (χ1n) is 14.9. The standard InChI is InChI=1S/C34H45N5O7/c1-21-16-22(2)18-24(17-21)28(29(41)37-26(31(43)45-33(3,4)5)19-23-12-10-9-11-13-23)39(15-14-35)30(42)25(20-27(36)40)38-32(44)46-34(6,7)8/h9-13,16-18,25-26,28H,15,19-20H2,1-8H3,(H2,36,40)(H,37,41)(H,38,44). The Morgan fingerprint density at radius 2 is 1.43 bits per heavy atom. The topological polar surface area (TPSA) is 181 Å². The second-order valence-corrected chi connectivity index (χ2v) is 13.1. The highest BCUT2D eigenvalue weighted by atomic mass is 16.6. The third-order valence-corrected chi connectivity index (χ3v) is 6.33. The predicted molar refractivity (Wildman–Crippen MR) is 171 cm³/mol. The van der Waals surface area contributed by atoms with E-state index in [0.29, 0.717) is 5.56 Å². The largest absolute Gasteiger partial charge is 0.458 e. The molecular formula is C34H45N5O7. The van der Waals surface area contributed by atoms with Crippen molar-refractivity contribution >= 4 is 29.8 Å². The van der Waals surface area contributed by atoms with Crippen molar-refractivity contribution in [2.24, 2.45) is 5.73 Å². The number of primary amides is 1. The first kappa shape index (κ1) is 37.3. The van der Waals surface area contributed by atoms with Gasteiger partial charge in [-0.2, -0.15) is 5.26 Å². The molecule has 0 saturated carbocycles. The van der Waals surface area contributed by atoms with E-state index in [2.05, 4.69) is 10.6 Å². The maximum atomic E-state index is 14.3. The summed E-state index contributed by atoms with van der Waals surface area (Å²) in [7, 11) is 0. The lowest BCUT2D eigenvalue weighted by molar-refractivity contribution is -0.159. The molecule has 0 heterocycles. The molecular weight excluding hydrogens is 590 g/mol. The summed E-state index contributed by atoms with van der Waals surface area (Å²) in [6.45, 7) is 13.0. The van der Waals surface area contributed by atoms with Crippen LogP contribution in [-0.2, 0) is 35.1 Å². The van der Waals surface area contributed by atoms with Crippen LogP contribution in [0.1, 0.15) is 76.3 Å². The number of ether oxygens (including phenoxy) is 2. The fourth-order valence-corrected chi connectivity index (χ4v) is 4.73. The number of alkyl carbamates (subject to hydrolysis) is 1. The number of amides is 4. The van der Waals surface area contributed by atoms with E-state index in [9.17, 15) is 29.2 Å². The summed E-state index contributed by atoms with van der Waals surface area (Å²) >= 11 is 0. The number of aryl methyl sites for hydroxylation is 2. The van der Waals surface area contributed by atoms with Crippen LogP contribution in [0.5, 0.6) is 0 Å². The van der Waals surface area contributed by atoms with Gasteiger partial charge in [0.05, 0.1) is 12.5 Å². The smallest absolute Gasteiger partial charge is 0.408 e. The van der Waals surface area contributed by atoms with Crippen LogP contribution < -0.4 is 16.4 Å². The number of nitrogens with zero attached hydrogens (tertiary/aromatic N) is 2. The van der Waals surface area contributed by atoms with Gasteiger partial charge in [-0.25, -0.2) is 9.59 Å². The van der Waals surface area contributed by atoms with E-state index in [-0.39, 0.29) is 6.42 Å². The molecule has 0 spiro atoms. The van der Waals surface area contributed by atoms with Gasteiger partial charge in [0.1, 0.15) is 35.9 Å². The zero-order valence-corrected chi connectivity index (χ0v) is 27.8. The molecule has 0 aliphatic carbocycles. The predicted octanol–water partition coefficient (Wildman–Crippen LogP) is 3.53. The molecule has 2 aromatic carbocycles. The van der Waals surface area contributed by atoms with Gasteiger partial charge >= 0.3 is 12.1 Å². The Labute approximate surface area is 270 Å². The Morgan fingerprint density at radius 3 is 1.93 bits per heavy atom. The Bertz CT molecular complexity index is 1430. The van der Waals surface area contributed by atoms with Crippen LogP contribution in [0.15, 0.2) is 48.5 Å². The normalized spacial score (nSPS) is 13.3. The van der Waals surface area contributed by atoms with Crippen LogP contribution in [0.2, 0.25) is 0 Å². The van der Waals surface area contributed by atoms with Crippen molar-refractivity contribution in [3.05, 3.63) is 70.8 Å². The molecule has 0 radical (unpaired) electrons. The van der Waals surface area contributed by atoms with Crippen LogP contribution in [0, 0.1) is 25.2 Å². The van der Waals surface area contributed by atoms with Gasteiger partial charge in [-0.15, -0.1) is 0 Å². The van der Waals surface area contributed by atoms with Gasteiger partial charge < -0.3 is 30.7 Å². The zero-order valence-electron chi connectivity index (χ0n) is 27.8. The van der Waals surface area contributed by atoms with Gasteiger partial charge in [-0.1, -0.05) is 59.7 Å². The summed E-state index contributed by atoms with van der Waals surface area (Å²) in [4.78, 5) is 67.3. The molecule has 0 fully saturated rings. The van der Waals surface area contributed by atoms with Gasteiger partial charge in [-0.3, -0.25) is 14.4 Å². The highest BCUT2D eigenvalue weighted by molar-refractivity contribution is 5.96. The Morgan fingerprint density at radius 1 is 0.870 bits per heavy atom. The first-order valence-corrected chi connectivity index (χ1v) is 14.9. The molecule has 0 bridgehead atoms. The average molecular weight is 636 g/mol. The van der Waals surface area contributed by atoms with Crippen molar-refractivity contribution in [3.63, 3.8) is 0 Å². The summed E-state index contributed by atoms with van der Waals surface area (Å²) < 4.78 is 10.9. The van der Waals surface area contributed by atoms with E-state index in [4.69, 9.17) is 15.2 Å². The SMILES string of the molecule is Cc1cc(C)cc(C(C(=O)NC(Cc2ccccc2)C(=O)OC(C)(C)C)N(CC#N)C(=O)C(CC(N)=O)NC(=O)OC(C)(C)C)c1. The summed E-state index contributed by atoms with van der Waals surface area (Å²) in [6.07, 6.45) is -1.54. The lowest BCUT2D eigenvalue weighted by Gasteiger charge is -2.34. The minimum atomic E-state index is -1.56. The molecule has 4 amide bonds. The highest BCUT2D eigenvalue weighted by Gasteiger charge is 2.39. The molecule has 0 saturated heterocycles. The Hall–Kier alpha value is -4.92. The van der Waals surface area contributed by atoms with Crippen LogP contribution in [0.4, 0.5) is 4.79 Å². The third-order valence-electron chi connectivity index (χ3n) is 6.33. The number of rotatable bonds is 12. The number of nitrogens with one attached hydrogen (secondary N) is 2. The average Bonchev–Trinajstić information content (AvgIpc) is 2.89. The first-order chi connectivity index (χ1) is 21.3. The Kier molecular flexibility index (Phi) is 12.9. The molecule has 3 atom stereocenters. The van der Waals surface area contributed by atoms with Gasteiger partial charge in [0.25, 0.3) is 0 Å². The van der Waals surface area contributed by atoms with Crippen molar-refractivity contribution in [2.45, 2.75) is 97.6 Å². The van der Waals surface area contributed by atoms with Crippen molar-refractivity contribution < 1.29 is 33.4 Å². The lowest BCUT2D eigenvalue weighted by atomic mass is 9.97. The van der Waals surface area contributed by atoms with Gasteiger partial charge in [0, 0.05) is 6.42 Å². The number of nitriles is 1. The highest BCUT2D eigenvalue weighted by Crippen LogP contribution is 2.26. The second kappa shape index (κ2) is 15.9. The minimum Gasteiger partial charge on any atom is -0.458 e. The maximum Gasteiger partial charge on any atom is 0.408 e. The molecule has 46 heavy (non-hydrogen) atoms. The van der Waals surface area contributed by atoms with Crippen molar-refractivity contribution in [3.8, 4) is 6.07 Å². The van der Waals surface area contributed by atoms with Gasteiger partial charge in [-0.05, 0) is 66.5 Å². The number of esters is 1. The van der Waals surface area contributed by atoms with Crippen molar-refractivity contribution in [1.29, 1.82) is 5.26 Å². The lowest BCUT2D eigenvalue weighted by Crippen LogP contribution is -2.55. The number of carbonyl (C=O) groups excluding carboxylic acids is 5. The summed E-state index contributed by atoms with van der Waals surface area (Å²) in [5, 5.41) is 14.9. The fourth-order valence-electron chi connectivity index (χ4n) is 4.73. The molecule has 0 aliphatic heterocycles. The van der Waals surface area contributed by atoms with Crippen LogP contribution >= 0.6 is 0 Å². The summed E-state index contributed by atoms with van der Waals surface area (Å²) in [5.74, 6) is -3.32. The quantitative estimate of drug-likeness (QED) is 0.234. The minimum absolute atomic E-state index is 0.0811. The summed E-state index contributed by atoms with van der Waals surface area (Å²) in [6, 6.07) is 12.0. The molecule has 0 aliphatic rings. The van der Waals surface area contributed by atoms with Crippen LogP contribution in [0.25, 0.3) is 0 Å². The maximum absolute atomic E-state index is 14.3. The van der Waals surface area contributed by atoms with E-state index < -0.39 is 72.1 Å². The summed E-state index contributed by atoms with van der Waals surface area (Å²) in [5.41, 5.74) is 6.27. The molecule has 12 nitrogen and oxygen atoms in total. The van der Waals surface area contributed by atoms with E-state index in [1.807, 2.05) is 18.2 Å². The molecule has 2 aromatic rings. The fraction of sp³-hybridized carbons (Fsp3) is 0.471. The third kappa shape index (κ3) is 12.2. The number of benzene rings is 2. The monoisotopic (exact) mass is 635 g/mol. The van der Waals surface area contributed by atoms with E-state index >= 15 is 0 Å². The molecule has 3 unspecified atom stereocenters. The van der Waals surface area contributed by atoms with Crippen molar-refractivity contribution in [2.75, 3.05) is 6.54 Å².